The lowest BCUT2D eigenvalue weighted by atomic mass is 10.1. The molecule has 1 amide bonds. The zero-order valence-electron chi connectivity index (χ0n) is 8.82. The number of carbonyl (C=O) groups excluding carboxylic acids is 1. The smallest absolute Gasteiger partial charge is 0.220 e. The summed E-state index contributed by atoms with van der Waals surface area (Å²) in [6.07, 6.45) is 1.64. The molecule has 0 bridgehead atoms. The average molecular weight is 224 g/mol. The molecule has 0 spiro atoms. The molecule has 0 aliphatic carbocycles. The Kier molecular flexibility index (Phi) is 3.38. The minimum atomic E-state index is 0.185. The molecule has 1 aliphatic heterocycles. The summed E-state index contributed by atoms with van der Waals surface area (Å²) >= 11 is 1.72. The number of amides is 1. The van der Waals surface area contributed by atoms with Gasteiger partial charge in [0, 0.05) is 25.0 Å². The Bertz CT molecular complexity index is 323. The molecule has 2 unspecified atom stereocenters. The molecule has 82 valence electrons. The Balaban J connectivity index is 1.76. The summed E-state index contributed by atoms with van der Waals surface area (Å²) in [5.74, 6) is 0.185. The highest BCUT2D eigenvalue weighted by molar-refractivity contribution is 7.07. The summed E-state index contributed by atoms with van der Waals surface area (Å²) in [5.41, 5.74) is 1.32. The normalized spacial score (nSPS) is 22.7. The second kappa shape index (κ2) is 4.77. The number of thiophene rings is 1. The fourth-order valence-corrected chi connectivity index (χ4v) is 2.54. The Morgan fingerprint density at radius 3 is 3.20 bits per heavy atom. The lowest BCUT2D eigenvalue weighted by molar-refractivity contribution is -0.119. The molecule has 2 rings (SSSR count). The molecule has 2 N–H and O–H groups in total. The molecule has 1 fully saturated rings. The van der Waals surface area contributed by atoms with Crippen molar-refractivity contribution in [2.75, 3.05) is 6.54 Å². The van der Waals surface area contributed by atoms with Crippen molar-refractivity contribution in [2.24, 2.45) is 0 Å². The van der Waals surface area contributed by atoms with Gasteiger partial charge in [-0.2, -0.15) is 11.3 Å². The van der Waals surface area contributed by atoms with Crippen LogP contribution in [-0.2, 0) is 4.79 Å². The molecule has 1 aromatic rings. The lowest BCUT2D eigenvalue weighted by Gasteiger charge is -2.16. The van der Waals surface area contributed by atoms with Crippen molar-refractivity contribution in [1.82, 2.24) is 10.6 Å². The second-order valence-corrected chi connectivity index (χ2v) is 4.77. The van der Waals surface area contributed by atoms with E-state index in [0.29, 0.717) is 18.5 Å². The van der Waals surface area contributed by atoms with Gasteiger partial charge in [-0.15, -0.1) is 0 Å². The molecule has 1 aliphatic rings. The minimum absolute atomic E-state index is 0.185. The predicted molar refractivity (Wildman–Crippen MR) is 61.9 cm³/mol. The third-order valence-corrected chi connectivity index (χ3v) is 3.50. The molecule has 1 saturated heterocycles. The molecular weight excluding hydrogens is 208 g/mol. The number of hydrogen-bond donors (Lipinski definition) is 2. The molecule has 0 aromatic carbocycles. The molecule has 1 aromatic heterocycles. The van der Waals surface area contributed by atoms with Gasteiger partial charge in [-0.05, 0) is 35.7 Å². The Morgan fingerprint density at radius 1 is 1.73 bits per heavy atom. The van der Waals surface area contributed by atoms with Gasteiger partial charge in [0.05, 0.1) is 0 Å². The molecule has 3 nitrogen and oxygen atoms in total. The first-order valence-electron chi connectivity index (χ1n) is 5.30. The van der Waals surface area contributed by atoms with Crippen LogP contribution in [0, 0.1) is 0 Å². The van der Waals surface area contributed by atoms with Crippen molar-refractivity contribution < 1.29 is 4.79 Å². The van der Waals surface area contributed by atoms with Crippen LogP contribution in [0.4, 0.5) is 0 Å². The van der Waals surface area contributed by atoms with Crippen molar-refractivity contribution in [3.05, 3.63) is 22.4 Å². The molecule has 4 heteroatoms. The van der Waals surface area contributed by atoms with Crippen LogP contribution < -0.4 is 10.6 Å². The van der Waals surface area contributed by atoms with Gasteiger partial charge >= 0.3 is 0 Å². The summed E-state index contributed by atoms with van der Waals surface area (Å²) in [4.78, 5) is 11.0. The van der Waals surface area contributed by atoms with Gasteiger partial charge in [-0.3, -0.25) is 4.79 Å². The fourth-order valence-electron chi connectivity index (χ4n) is 1.79. The second-order valence-electron chi connectivity index (χ2n) is 3.99. The standard InChI is InChI=1S/C11H16N2OS/c1-8(9-4-5-15-7-9)12-6-10-2-3-11(14)13-10/h4-5,7-8,10,12H,2-3,6H2,1H3,(H,13,14). The van der Waals surface area contributed by atoms with E-state index in [4.69, 9.17) is 0 Å². The van der Waals surface area contributed by atoms with Gasteiger partial charge < -0.3 is 10.6 Å². The third-order valence-electron chi connectivity index (χ3n) is 2.80. The quantitative estimate of drug-likeness (QED) is 0.817. The highest BCUT2D eigenvalue weighted by Crippen LogP contribution is 2.16. The van der Waals surface area contributed by atoms with E-state index in [1.54, 1.807) is 11.3 Å². The van der Waals surface area contributed by atoms with E-state index in [0.717, 1.165) is 13.0 Å². The highest BCUT2D eigenvalue weighted by atomic mass is 32.1. The molecule has 15 heavy (non-hydrogen) atoms. The number of carbonyl (C=O) groups is 1. The Labute approximate surface area is 93.9 Å². The van der Waals surface area contributed by atoms with Gasteiger partial charge in [0.15, 0.2) is 0 Å². The molecule has 2 heterocycles. The van der Waals surface area contributed by atoms with Gasteiger partial charge in [-0.1, -0.05) is 0 Å². The maximum absolute atomic E-state index is 11.0. The SMILES string of the molecule is CC(NCC1CCC(=O)N1)c1ccsc1. The summed E-state index contributed by atoms with van der Waals surface area (Å²) in [5, 5.41) is 10.6. The van der Waals surface area contributed by atoms with E-state index in [2.05, 4.69) is 34.4 Å². The monoisotopic (exact) mass is 224 g/mol. The van der Waals surface area contributed by atoms with Crippen LogP contribution in [0.25, 0.3) is 0 Å². The average Bonchev–Trinajstić information content (AvgIpc) is 2.84. The first-order valence-corrected chi connectivity index (χ1v) is 6.25. The molecule has 2 atom stereocenters. The first-order chi connectivity index (χ1) is 7.25. The maximum atomic E-state index is 11.0. The summed E-state index contributed by atoms with van der Waals surface area (Å²) < 4.78 is 0. The van der Waals surface area contributed by atoms with E-state index in [-0.39, 0.29) is 5.91 Å². The number of rotatable bonds is 4. The van der Waals surface area contributed by atoms with E-state index in [9.17, 15) is 4.79 Å². The lowest BCUT2D eigenvalue weighted by Crippen LogP contribution is -2.36. The zero-order valence-corrected chi connectivity index (χ0v) is 9.64. The predicted octanol–water partition coefficient (Wildman–Crippen LogP) is 1.68. The van der Waals surface area contributed by atoms with Crippen LogP contribution in [0.1, 0.15) is 31.4 Å². The number of hydrogen-bond acceptors (Lipinski definition) is 3. The summed E-state index contributed by atoms with van der Waals surface area (Å²) in [6.45, 7) is 3.02. The Hall–Kier alpha value is -0.870. The molecule has 0 radical (unpaired) electrons. The van der Waals surface area contributed by atoms with Crippen molar-refractivity contribution in [3.63, 3.8) is 0 Å². The van der Waals surface area contributed by atoms with E-state index in [1.165, 1.54) is 5.56 Å². The van der Waals surface area contributed by atoms with Crippen LogP contribution >= 0.6 is 11.3 Å². The topological polar surface area (TPSA) is 41.1 Å². The van der Waals surface area contributed by atoms with Crippen LogP contribution in [0.3, 0.4) is 0 Å². The first kappa shape index (κ1) is 10.6. The minimum Gasteiger partial charge on any atom is -0.352 e. The summed E-state index contributed by atoms with van der Waals surface area (Å²) in [7, 11) is 0. The van der Waals surface area contributed by atoms with Crippen molar-refractivity contribution in [2.45, 2.75) is 31.8 Å². The van der Waals surface area contributed by atoms with Gasteiger partial charge in [0.25, 0.3) is 0 Å². The van der Waals surface area contributed by atoms with Crippen molar-refractivity contribution in [1.29, 1.82) is 0 Å². The van der Waals surface area contributed by atoms with E-state index >= 15 is 0 Å². The van der Waals surface area contributed by atoms with Crippen LogP contribution in [0.15, 0.2) is 16.8 Å². The van der Waals surface area contributed by atoms with Crippen molar-refractivity contribution >= 4 is 17.2 Å². The van der Waals surface area contributed by atoms with Crippen LogP contribution in [0.5, 0.6) is 0 Å². The fraction of sp³-hybridized carbons (Fsp3) is 0.545. The molecular formula is C11H16N2OS. The highest BCUT2D eigenvalue weighted by Gasteiger charge is 2.20. The van der Waals surface area contributed by atoms with Gasteiger partial charge in [-0.25, -0.2) is 0 Å². The third kappa shape index (κ3) is 2.79. The van der Waals surface area contributed by atoms with Crippen LogP contribution in [-0.4, -0.2) is 18.5 Å². The van der Waals surface area contributed by atoms with E-state index < -0.39 is 0 Å². The largest absolute Gasteiger partial charge is 0.352 e. The number of nitrogens with one attached hydrogen (secondary N) is 2. The van der Waals surface area contributed by atoms with Crippen LogP contribution in [0.2, 0.25) is 0 Å². The van der Waals surface area contributed by atoms with Crippen molar-refractivity contribution in [3.8, 4) is 0 Å². The molecule has 0 saturated carbocycles. The van der Waals surface area contributed by atoms with E-state index in [1.807, 2.05) is 0 Å². The zero-order chi connectivity index (χ0) is 10.7. The maximum Gasteiger partial charge on any atom is 0.220 e. The van der Waals surface area contributed by atoms with Gasteiger partial charge in [0.1, 0.15) is 0 Å². The summed E-state index contributed by atoms with van der Waals surface area (Å²) in [6, 6.07) is 2.82. The Morgan fingerprint density at radius 2 is 2.60 bits per heavy atom. The van der Waals surface area contributed by atoms with Gasteiger partial charge in [0.2, 0.25) is 5.91 Å².